The first kappa shape index (κ1) is 28.8. The molecule has 2 aromatic rings. The molecule has 0 aliphatic carbocycles. The van der Waals surface area contributed by atoms with Gasteiger partial charge in [0, 0.05) is 12.7 Å². The molecule has 1 aliphatic rings. The molecule has 1 aliphatic heterocycles. The molecule has 2 heterocycles. The predicted molar refractivity (Wildman–Crippen MR) is 132 cm³/mol. The molecule has 13 nitrogen and oxygen atoms in total. The number of anilines is 1. The Kier molecular flexibility index (Phi) is 9.11. The number of carbonyl (C=O) groups is 1. The van der Waals surface area contributed by atoms with Crippen LogP contribution in [0.1, 0.15) is 33.9 Å². The standard InChI is InChI=1S/C23H33N4O9P/c1-14(2)20(29)34-15(3)12-25-37(32,36-16-8-6-5-7-9-16)33-13-17-19(28)23(4,31)21(35-17)27-11-10-18(24)26-22(27)30/h5-11,14-15,17,19,21,28,31H,12-13H2,1-4H3,(H,25,32)(H2,24,26,30)/t15-,17-,19-,21-,23-,37?/m1/s1. The summed E-state index contributed by atoms with van der Waals surface area (Å²) < 4.78 is 36.8. The fourth-order valence-corrected chi connectivity index (χ4v) is 4.93. The predicted octanol–water partition coefficient (Wildman–Crippen LogP) is 1.22. The Balaban J connectivity index is 1.74. The van der Waals surface area contributed by atoms with Crippen molar-refractivity contribution in [3.63, 3.8) is 0 Å². The monoisotopic (exact) mass is 540 g/mol. The first-order valence-electron chi connectivity index (χ1n) is 11.7. The second-order valence-corrected chi connectivity index (χ2v) is 11.0. The van der Waals surface area contributed by atoms with Crippen molar-refractivity contribution in [2.24, 2.45) is 5.92 Å². The summed E-state index contributed by atoms with van der Waals surface area (Å²) in [6.07, 6.45) is -3.43. The van der Waals surface area contributed by atoms with E-state index in [2.05, 4.69) is 10.1 Å². The van der Waals surface area contributed by atoms with Gasteiger partial charge in [0.25, 0.3) is 0 Å². The van der Waals surface area contributed by atoms with Crippen LogP contribution in [0.15, 0.2) is 47.4 Å². The normalized spacial score (nSPS) is 26.0. The molecular weight excluding hydrogens is 507 g/mol. The maximum absolute atomic E-state index is 13.6. The topological polar surface area (TPSA) is 184 Å². The summed E-state index contributed by atoms with van der Waals surface area (Å²) in [6, 6.07) is 9.59. The van der Waals surface area contributed by atoms with Crippen LogP contribution in [0.3, 0.4) is 0 Å². The van der Waals surface area contributed by atoms with E-state index in [1.165, 1.54) is 19.2 Å². The second kappa shape index (κ2) is 11.7. The lowest BCUT2D eigenvalue weighted by molar-refractivity contribution is -0.151. The summed E-state index contributed by atoms with van der Waals surface area (Å²) >= 11 is 0. The molecule has 5 N–H and O–H groups in total. The molecule has 3 rings (SSSR count). The zero-order chi connectivity index (χ0) is 27.4. The molecule has 1 aromatic carbocycles. The minimum Gasteiger partial charge on any atom is -0.461 e. The number of aliphatic hydroxyl groups excluding tert-OH is 1. The van der Waals surface area contributed by atoms with Crippen molar-refractivity contribution < 1.29 is 38.1 Å². The van der Waals surface area contributed by atoms with Gasteiger partial charge < -0.3 is 29.9 Å². The second-order valence-electron chi connectivity index (χ2n) is 9.20. The van der Waals surface area contributed by atoms with E-state index in [1.807, 2.05) is 0 Å². The van der Waals surface area contributed by atoms with Crippen molar-refractivity contribution >= 4 is 19.5 Å². The van der Waals surface area contributed by atoms with Gasteiger partial charge in [-0.15, -0.1) is 0 Å². The highest BCUT2D eigenvalue weighted by atomic mass is 31.2. The number of aliphatic hydroxyl groups is 2. The van der Waals surface area contributed by atoms with Crippen LogP contribution in [0.4, 0.5) is 5.82 Å². The van der Waals surface area contributed by atoms with Crippen LogP contribution in [0.5, 0.6) is 5.75 Å². The van der Waals surface area contributed by atoms with Gasteiger partial charge in [0.1, 0.15) is 35.5 Å². The van der Waals surface area contributed by atoms with E-state index in [4.69, 9.17) is 24.3 Å². The maximum Gasteiger partial charge on any atom is 0.458 e. The molecule has 0 amide bonds. The highest BCUT2D eigenvalue weighted by Gasteiger charge is 2.54. The number of hydrogen-bond acceptors (Lipinski definition) is 11. The minimum absolute atomic E-state index is 0.0160. The lowest BCUT2D eigenvalue weighted by Gasteiger charge is -2.27. The van der Waals surface area contributed by atoms with Gasteiger partial charge in [-0.2, -0.15) is 4.98 Å². The number of nitrogen functional groups attached to an aromatic ring is 1. The number of ether oxygens (including phenoxy) is 2. The third kappa shape index (κ3) is 7.16. The number of carbonyl (C=O) groups excluding carboxylic acids is 1. The average Bonchev–Trinajstić information content (AvgIpc) is 3.05. The van der Waals surface area contributed by atoms with Gasteiger partial charge in [-0.1, -0.05) is 32.0 Å². The molecule has 0 saturated carbocycles. The molecule has 6 atom stereocenters. The van der Waals surface area contributed by atoms with E-state index in [0.717, 1.165) is 4.57 Å². The van der Waals surface area contributed by atoms with E-state index < -0.39 is 56.2 Å². The zero-order valence-electron chi connectivity index (χ0n) is 21.0. The van der Waals surface area contributed by atoms with Crippen molar-refractivity contribution in [3.8, 4) is 5.75 Å². The summed E-state index contributed by atoms with van der Waals surface area (Å²) in [5, 5.41) is 24.3. The fourth-order valence-electron chi connectivity index (χ4n) is 3.49. The highest BCUT2D eigenvalue weighted by Crippen LogP contribution is 2.46. The number of nitrogens with two attached hydrogens (primary N) is 1. The Bertz CT molecular complexity index is 1170. The Morgan fingerprint density at radius 3 is 2.59 bits per heavy atom. The van der Waals surface area contributed by atoms with Crippen molar-refractivity contribution in [2.45, 2.75) is 57.8 Å². The van der Waals surface area contributed by atoms with Crippen molar-refractivity contribution in [2.75, 3.05) is 18.9 Å². The number of hydrogen-bond donors (Lipinski definition) is 4. The number of para-hydroxylation sites is 1. The van der Waals surface area contributed by atoms with E-state index >= 15 is 0 Å². The van der Waals surface area contributed by atoms with Gasteiger partial charge >= 0.3 is 19.4 Å². The van der Waals surface area contributed by atoms with Gasteiger partial charge in [-0.05, 0) is 32.0 Å². The molecule has 37 heavy (non-hydrogen) atoms. The molecule has 1 aromatic heterocycles. The molecule has 1 unspecified atom stereocenters. The van der Waals surface area contributed by atoms with E-state index in [1.54, 1.807) is 51.1 Å². The number of nitrogens with zero attached hydrogens (tertiary/aromatic N) is 2. The Morgan fingerprint density at radius 1 is 1.30 bits per heavy atom. The van der Waals surface area contributed by atoms with Crippen LogP contribution in [0, 0.1) is 5.92 Å². The minimum atomic E-state index is -4.10. The largest absolute Gasteiger partial charge is 0.461 e. The summed E-state index contributed by atoms with van der Waals surface area (Å²) in [5.74, 6) is -0.533. The van der Waals surface area contributed by atoms with Gasteiger partial charge in [-0.25, -0.2) is 14.4 Å². The number of esters is 1. The molecule has 1 fully saturated rings. The fraction of sp³-hybridized carbons (Fsp3) is 0.522. The van der Waals surface area contributed by atoms with Crippen molar-refractivity contribution in [1.29, 1.82) is 0 Å². The van der Waals surface area contributed by atoms with Crippen LogP contribution >= 0.6 is 7.75 Å². The number of aromatic nitrogens is 2. The third-order valence-corrected chi connectivity index (χ3v) is 7.11. The first-order chi connectivity index (χ1) is 17.3. The molecule has 204 valence electrons. The Morgan fingerprint density at radius 2 is 1.97 bits per heavy atom. The summed E-state index contributed by atoms with van der Waals surface area (Å²) in [7, 11) is -4.10. The molecule has 1 saturated heterocycles. The SMILES string of the molecule is CC(C)C(=O)O[C@H](C)CNP(=O)(OC[C@H]1O[C@@H](n2ccc(N)nc2=O)[C@](C)(O)[C@@H]1O)Oc1ccccc1. The Labute approximate surface area is 214 Å². The summed E-state index contributed by atoms with van der Waals surface area (Å²) in [6.45, 7) is 5.74. The molecule has 0 spiro atoms. The quantitative estimate of drug-likeness (QED) is 0.236. The van der Waals surface area contributed by atoms with E-state index in [-0.39, 0.29) is 24.0 Å². The van der Waals surface area contributed by atoms with Crippen LogP contribution in [0.2, 0.25) is 0 Å². The van der Waals surface area contributed by atoms with Gasteiger partial charge in [0.2, 0.25) is 0 Å². The van der Waals surface area contributed by atoms with Crippen LogP contribution in [-0.2, 0) is 23.4 Å². The third-order valence-electron chi connectivity index (χ3n) is 5.60. The molecule has 0 bridgehead atoms. The summed E-state index contributed by atoms with van der Waals surface area (Å²) in [4.78, 5) is 27.8. The first-order valence-corrected chi connectivity index (χ1v) is 13.2. The van der Waals surface area contributed by atoms with E-state index in [9.17, 15) is 24.4 Å². The van der Waals surface area contributed by atoms with Crippen molar-refractivity contribution in [3.05, 3.63) is 53.1 Å². The molecule has 0 radical (unpaired) electrons. The van der Waals surface area contributed by atoms with Crippen molar-refractivity contribution in [1.82, 2.24) is 14.6 Å². The maximum atomic E-state index is 13.6. The Hall–Kier alpha value is -2.80. The van der Waals surface area contributed by atoms with E-state index in [0.29, 0.717) is 0 Å². The lowest BCUT2D eigenvalue weighted by atomic mass is 9.96. The van der Waals surface area contributed by atoms with Crippen LogP contribution < -0.4 is 21.0 Å². The molecule has 14 heteroatoms. The molecular formula is C23H33N4O9P. The smallest absolute Gasteiger partial charge is 0.458 e. The number of nitrogens with one attached hydrogen (secondary N) is 1. The number of benzene rings is 1. The highest BCUT2D eigenvalue weighted by molar-refractivity contribution is 7.52. The van der Waals surface area contributed by atoms with Crippen LogP contribution in [0.25, 0.3) is 0 Å². The zero-order valence-corrected chi connectivity index (χ0v) is 21.9. The lowest BCUT2D eigenvalue weighted by Crippen LogP contribution is -2.46. The van der Waals surface area contributed by atoms with Gasteiger partial charge in [0.15, 0.2) is 6.23 Å². The van der Waals surface area contributed by atoms with Crippen LogP contribution in [-0.4, -0.2) is 62.8 Å². The van der Waals surface area contributed by atoms with Gasteiger partial charge in [0.05, 0.1) is 12.5 Å². The van der Waals surface area contributed by atoms with Gasteiger partial charge in [-0.3, -0.25) is 13.9 Å². The summed E-state index contributed by atoms with van der Waals surface area (Å²) in [5.41, 5.74) is 2.81. The average molecular weight is 541 g/mol. The number of rotatable bonds is 11.